The van der Waals surface area contributed by atoms with Crippen molar-refractivity contribution in [3.63, 3.8) is 0 Å². The van der Waals surface area contributed by atoms with Crippen molar-refractivity contribution in [2.24, 2.45) is 0 Å². The number of hydrogen-bond donors (Lipinski definition) is 2. The Morgan fingerprint density at radius 3 is 2.13 bits per heavy atom. The van der Waals surface area contributed by atoms with Crippen molar-refractivity contribution < 1.29 is 14.0 Å². The minimum absolute atomic E-state index is 0.178. The topological polar surface area (TPSA) is 71.3 Å². The van der Waals surface area contributed by atoms with Gasteiger partial charge in [-0.1, -0.05) is 72.3 Å². The molecule has 0 aliphatic heterocycles. The molecule has 31 heavy (non-hydrogen) atoms. The minimum Gasteiger partial charge on any atom is -0.459 e. The Bertz CT molecular complexity index is 1170. The molecule has 0 aliphatic carbocycles. The molecule has 0 fully saturated rings. The van der Waals surface area contributed by atoms with Gasteiger partial charge in [-0.2, -0.15) is 0 Å². The number of para-hydroxylation sites is 1. The molecule has 4 rings (SSSR count). The van der Waals surface area contributed by atoms with Gasteiger partial charge in [0.2, 0.25) is 0 Å². The maximum absolute atomic E-state index is 13.3. The molecule has 2 amide bonds. The number of furan rings is 1. The van der Waals surface area contributed by atoms with Gasteiger partial charge in [0.15, 0.2) is 5.76 Å². The van der Waals surface area contributed by atoms with Crippen LogP contribution in [0.3, 0.4) is 0 Å². The summed E-state index contributed by atoms with van der Waals surface area (Å²) in [7, 11) is 0. The van der Waals surface area contributed by atoms with Crippen LogP contribution in [0, 0.1) is 6.92 Å². The van der Waals surface area contributed by atoms with Crippen LogP contribution in [-0.2, 0) is 0 Å². The summed E-state index contributed by atoms with van der Waals surface area (Å²) in [4.78, 5) is 25.7. The molecule has 0 saturated heterocycles. The highest BCUT2D eigenvalue weighted by atomic mass is 16.3. The predicted molar refractivity (Wildman–Crippen MR) is 120 cm³/mol. The summed E-state index contributed by atoms with van der Waals surface area (Å²) in [6.45, 7) is 2.03. The van der Waals surface area contributed by atoms with Crippen LogP contribution < -0.4 is 10.6 Å². The molecule has 0 radical (unpaired) electrons. The number of carbonyl (C=O) groups excluding carboxylic acids is 2. The highest BCUT2D eigenvalue weighted by molar-refractivity contribution is 6.08. The monoisotopic (exact) mass is 410 g/mol. The van der Waals surface area contributed by atoms with Gasteiger partial charge < -0.3 is 15.1 Å². The van der Waals surface area contributed by atoms with Crippen LogP contribution in [0.15, 0.2) is 102 Å². The molecule has 1 unspecified atom stereocenters. The van der Waals surface area contributed by atoms with Gasteiger partial charge in [0, 0.05) is 0 Å². The fourth-order valence-electron chi connectivity index (χ4n) is 3.35. The summed E-state index contributed by atoms with van der Waals surface area (Å²) in [5, 5.41) is 5.88. The summed E-state index contributed by atoms with van der Waals surface area (Å²) in [5.74, 6) is -0.523. The van der Waals surface area contributed by atoms with Crippen LogP contribution in [0.5, 0.6) is 0 Å². The van der Waals surface area contributed by atoms with Crippen molar-refractivity contribution in [1.29, 1.82) is 0 Å². The fraction of sp³-hybridized carbons (Fsp3) is 0.0769. The first kappa shape index (κ1) is 20.2. The van der Waals surface area contributed by atoms with E-state index in [1.165, 1.54) is 6.26 Å². The minimum atomic E-state index is -0.414. The van der Waals surface area contributed by atoms with Crippen LogP contribution in [0.1, 0.15) is 43.6 Å². The quantitative estimate of drug-likeness (QED) is 0.449. The van der Waals surface area contributed by atoms with Crippen molar-refractivity contribution in [3.05, 3.63) is 125 Å². The normalized spacial score (nSPS) is 11.5. The molecule has 5 nitrogen and oxygen atoms in total. The Hall–Kier alpha value is -4.12. The molecule has 5 heteroatoms. The van der Waals surface area contributed by atoms with Gasteiger partial charge in [0.25, 0.3) is 11.8 Å². The second-order valence-electron chi connectivity index (χ2n) is 7.20. The average molecular weight is 410 g/mol. The first-order valence-electron chi connectivity index (χ1n) is 9.98. The Balaban J connectivity index is 1.62. The SMILES string of the molecule is Cc1ccc(C(NC(=O)c2ccccc2NC(=O)c2ccco2)c2ccccc2)cc1. The van der Waals surface area contributed by atoms with Gasteiger partial charge in [-0.3, -0.25) is 9.59 Å². The summed E-state index contributed by atoms with van der Waals surface area (Å²) < 4.78 is 5.15. The Kier molecular flexibility index (Phi) is 5.94. The number of hydrogen-bond acceptors (Lipinski definition) is 3. The van der Waals surface area contributed by atoms with Gasteiger partial charge >= 0.3 is 0 Å². The maximum atomic E-state index is 13.3. The van der Waals surface area contributed by atoms with E-state index in [1.807, 2.05) is 61.5 Å². The number of nitrogens with one attached hydrogen (secondary N) is 2. The van der Waals surface area contributed by atoms with Crippen molar-refractivity contribution in [2.75, 3.05) is 5.32 Å². The standard InChI is InChI=1S/C26H22N2O3/c1-18-13-15-20(16-14-18)24(19-8-3-2-4-9-19)28-25(29)21-10-5-6-11-22(21)27-26(30)23-12-7-17-31-23/h2-17,24H,1H3,(H,27,30)(H,28,29). The number of aryl methyl sites for hydroxylation is 1. The molecular weight excluding hydrogens is 388 g/mol. The second-order valence-corrected chi connectivity index (χ2v) is 7.20. The molecule has 3 aromatic carbocycles. The molecule has 0 bridgehead atoms. The van der Waals surface area contributed by atoms with Crippen LogP contribution in [0.2, 0.25) is 0 Å². The van der Waals surface area contributed by atoms with Crippen molar-refractivity contribution in [3.8, 4) is 0 Å². The number of amides is 2. The van der Waals surface area contributed by atoms with Crippen molar-refractivity contribution >= 4 is 17.5 Å². The van der Waals surface area contributed by atoms with Crippen molar-refractivity contribution in [1.82, 2.24) is 5.32 Å². The van der Waals surface area contributed by atoms with Gasteiger partial charge in [-0.25, -0.2) is 0 Å². The van der Waals surface area contributed by atoms with E-state index >= 15 is 0 Å². The molecule has 0 saturated carbocycles. The van der Waals surface area contributed by atoms with Crippen LogP contribution >= 0.6 is 0 Å². The van der Waals surface area contributed by atoms with Crippen LogP contribution in [-0.4, -0.2) is 11.8 Å². The molecule has 1 aromatic heterocycles. The van der Waals surface area contributed by atoms with E-state index in [0.29, 0.717) is 11.3 Å². The first-order valence-corrected chi connectivity index (χ1v) is 9.98. The number of benzene rings is 3. The van der Waals surface area contributed by atoms with Crippen LogP contribution in [0.4, 0.5) is 5.69 Å². The maximum Gasteiger partial charge on any atom is 0.291 e. The summed E-state index contributed by atoms with van der Waals surface area (Å²) in [6, 6.07) is 27.7. The molecule has 4 aromatic rings. The lowest BCUT2D eigenvalue weighted by molar-refractivity contribution is 0.0944. The average Bonchev–Trinajstić information content (AvgIpc) is 3.34. The third-order valence-corrected chi connectivity index (χ3v) is 4.98. The summed E-state index contributed by atoms with van der Waals surface area (Å²) >= 11 is 0. The summed E-state index contributed by atoms with van der Waals surface area (Å²) in [6.07, 6.45) is 1.43. The first-order chi connectivity index (χ1) is 15.1. The number of carbonyl (C=O) groups is 2. The Morgan fingerprint density at radius 1 is 0.742 bits per heavy atom. The Morgan fingerprint density at radius 2 is 1.42 bits per heavy atom. The molecule has 1 heterocycles. The Labute approximate surface area is 180 Å². The van der Waals surface area contributed by atoms with E-state index in [1.54, 1.807) is 36.4 Å². The predicted octanol–water partition coefficient (Wildman–Crippen LogP) is 5.36. The van der Waals surface area contributed by atoms with Crippen molar-refractivity contribution in [2.45, 2.75) is 13.0 Å². The smallest absolute Gasteiger partial charge is 0.291 e. The lowest BCUT2D eigenvalue weighted by Crippen LogP contribution is -2.30. The molecule has 2 N–H and O–H groups in total. The second kappa shape index (κ2) is 9.13. The van der Waals surface area contributed by atoms with E-state index < -0.39 is 5.91 Å². The zero-order chi connectivity index (χ0) is 21.6. The zero-order valence-corrected chi connectivity index (χ0v) is 17.0. The van der Waals surface area contributed by atoms with Gasteiger partial charge in [0.1, 0.15) is 0 Å². The third-order valence-electron chi connectivity index (χ3n) is 4.98. The number of rotatable bonds is 6. The zero-order valence-electron chi connectivity index (χ0n) is 17.0. The fourth-order valence-corrected chi connectivity index (χ4v) is 3.35. The highest BCUT2D eigenvalue weighted by Crippen LogP contribution is 2.24. The number of anilines is 1. The van der Waals surface area contributed by atoms with Gasteiger partial charge in [0.05, 0.1) is 23.6 Å². The lowest BCUT2D eigenvalue weighted by atomic mass is 9.97. The summed E-state index contributed by atoms with van der Waals surface area (Å²) in [5.41, 5.74) is 3.87. The lowest BCUT2D eigenvalue weighted by Gasteiger charge is -2.21. The van der Waals surface area contributed by atoms with E-state index in [-0.39, 0.29) is 17.7 Å². The van der Waals surface area contributed by atoms with E-state index in [9.17, 15) is 9.59 Å². The largest absolute Gasteiger partial charge is 0.459 e. The molecule has 0 aliphatic rings. The van der Waals surface area contributed by atoms with E-state index in [4.69, 9.17) is 4.42 Å². The highest BCUT2D eigenvalue weighted by Gasteiger charge is 2.20. The van der Waals surface area contributed by atoms with Gasteiger partial charge in [-0.15, -0.1) is 0 Å². The van der Waals surface area contributed by atoms with Gasteiger partial charge in [-0.05, 0) is 42.3 Å². The van der Waals surface area contributed by atoms with Crippen LogP contribution in [0.25, 0.3) is 0 Å². The molecule has 0 spiro atoms. The van der Waals surface area contributed by atoms with E-state index in [2.05, 4.69) is 10.6 Å². The van der Waals surface area contributed by atoms with E-state index in [0.717, 1.165) is 16.7 Å². The molecule has 154 valence electrons. The molecule has 1 atom stereocenters. The molecular formula is C26H22N2O3. The third kappa shape index (κ3) is 4.73.